The Balaban J connectivity index is 3.32. The van der Waals surface area contributed by atoms with Crippen LogP contribution in [0.15, 0.2) is 12.2 Å². The van der Waals surface area contributed by atoms with Crippen LogP contribution in [0.25, 0.3) is 0 Å². The molecule has 0 saturated carbocycles. The molecule has 0 radical (unpaired) electrons. The largest absolute Gasteiger partial charge is 0.466 e. The number of aliphatic hydroxyl groups is 2. The number of hydrogen-bond acceptors (Lipinski definition) is 5. The summed E-state index contributed by atoms with van der Waals surface area (Å²) in [7, 11) is 0. The molecule has 0 aliphatic heterocycles. The number of allylic oxidation sites excluding steroid dienone is 1. The zero-order chi connectivity index (χ0) is 52.2. The van der Waals surface area contributed by atoms with E-state index in [1.165, 1.54) is 308 Å². The van der Waals surface area contributed by atoms with E-state index in [0.717, 1.165) is 38.5 Å². The van der Waals surface area contributed by atoms with Crippen LogP contribution in [0.5, 0.6) is 0 Å². The molecule has 0 aromatic rings. The Bertz CT molecular complexity index is 1080. The Labute approximate surface area is 450 Å². The molecule has 1 amide bonds. The van der Waals surface area contributed by atoms with E-state index in [2.05, 4.69) is 19.2 Å². The lowest BCUT2D eigenvalue weighted by molar-refractivity contribution is -0.143. The summed E-state index contributed by atoms with van der Waals surface area (Å²) in [6, 6.07) is -0.623. The Morgan fingerprint density at radius 2 is 0.639 bits per heavy atom. The van der Waals surface area contributed by atoms with Gasteiger partial charge in [-0.2, -0.15) is 0 Å². The van der Waals surface area contributed by atoms with E-state index in [4.69, 9.17) is 4.74 Å². The highest BCUT2D eigenvalue weighted by Crippen LogP contribution is 2.19. The van der Waals surface area contributed by atoms with Gasteiger partial charge in [-0.25, -0.2) is 0 Å². The highest BCUT2D eigenvalue weighted by atomic mass is 16.5. The van der Waals surface area contributed by atoms with Gasteiger partial charge in [0, 0.05) is 12.8 Å². The summed E-state index contributed by atoms with van der Waals surface area (Å²) in [6.45, 7) is 4.93. The first-order valence-corrected chi connectivity index (χ1v) is 33.0. The minimum Gasteiger partial charge on any atom is -0.466 e. The monoisotopic (exact) mass is 1020 g/mol. The van der Waals surface area contributed by atoms with Gasteiger partial charge in [0.1, 0.15) is 0 Å². The fourth-order valence-electron chi connectivity index (χ4n) is 10.5. The minimum atomic E-state index is -0.839. The fourth-order valence-corrected chi connectivity index (χ4v) is 10.5. The van der Waals surface area contributed by atoms with Crippen molar-refractivity contribution in [1.29, 1.82) is 0 Å². The molecule has 2 unspecified atom stereocenters. The summed E-state index contributed by atoms with van der Waals surface area (Å²) < 4.78 is 5.47. The number of aliphatic hydroxyl groups excluding tert-OH is 2. The molecule has 0 aliphatic rings. The highest BCUT2D eigenvalue weighted by Gasteiger charge is 2.18. The average Bonchev–Trinajstić information content (AvgIpc) is 3.38. The van der Waals surface area contributed by atoms with Gasteiger partial charge in [-0.15, -0.1) is 0 Å². The molecule has 0 saturated heterocycles. The van der Waals surface area contributed by atoms with Crippen molar-refractivity contribution in [3.8, 4) is 0 Å². The zero-order valence-electron chi connectivity index (χ0n) is 48.9. The number of esters is 1. The van der Waals surface area contributed by atoms with Gasteiger partial charge < -0.3 is 20.3 Å². The van der Waals surface area contributed by atoms with E-state index in [1.54, 1.807) is 6.08 Å². The summed E-state index contributed by atoms with van der Waals surface area (Å²) in [5.41, 5.74) is 0. The SMILES string of the molecule is CCCCCCCCCCCCC/C=C/C(O)C(CO)NC(=O)CCCCCCCCCCCCCCCCCCCCCCCCCCCCCCCCCOC(=O)CCCCCCCCCCCCC. The molecule has 0 aliphatic carbocycles. The number of nitrogens with one attached hydrogen (secondary N) is 1. The van der Waals surface area contributed by atoms with Crippen LogP contribution in [0.4, 0.5) is 0 Å². The van der Waals surface area contributed by atoms with Gasteiger partial charge in [0.25, 0.3) is 0 Å². The molecule has 0 rings (SSSR count). The maximum atomic E-state index is 12.5. The molecule has 3 N–H and O–H groups in total. The second-order valence-corrected chi connectivity index (χ2v) is 22.8. The molecule has 2 atom stereocenters. The third-order valence-electron chi connectivity index (χ3n) is 15.6. The van der Waals surface area contributed by atoms with Gasteiger partial charge in [-0.3, -0.25) is 9.59 Å². The molecular formula is C66H129NO5. The van der Waals surface area contributed by atoms with Crippen LogP contribution in [0, 0.1) is 0 Å². The van der Waals surface area contributed by atoms with Crippen LogP contribution in [-0.4, -0.2) is 47.4 Å². The Morgan fingerprint density at radius 3 is 0.944 bits per heavy atom. The summed E-state index contributed by atoms with van der Waals surface area (Å²) in [4.78, 5) is 24.5. The quantitative estimate of drug-likeness (QED) is 0.0320. The molecule has 0 heterocycles. The van der Waals surface area contributed by atoms with Gasteiger partial charge in [0.2, 0.25) is 5.91 Å². The van der Waals surface area contributed by atoms with E-state index in [9.17, 15) is 19.8 Å². The second kappa shape index (κ2) is 62.1. The molecule has 0 bridgehead atoms. The normalized spacial score (nSPS) is 12.6. The first kappa shape index (κ1) is 70.6. The van der Waals surface area contributed by atoms with Crippen LogP contribution >= 0.6 is 0 Å². The predicted molar refractivity (Wildman–Crippen MR) is 315 cm³/mol. The zero-order valence-corrected chi connectivity index (χ0v) is 48.9. The number of carbonyl (C=O) groups excluding carboxylic acids is 2. The van der Waals surface area contributed by atoms with Crippen molar-refractivity contribution in [2.24, 2.45) is 0 Å². The number of amides is 1. The van der Waals surface area contributed by atoms with Crippen molar-refractivity contribution in [2.45, 2.75) is 386 Å². The summed E-state index contributed by atoms with van der Waals surface area (Å²) in [6.07, 6.45) is 75.7. The van der Waals surface area contributed by atoms with Crippen molar-refractivity contribution in [1.82, 2.24) is 5.32 Å². The molecule has 428 valence electrons. The molecule has 72 heavy (non-hydrogen) atoms. The summed E-state index contributed by atoms with van der Waals surface area (Å²) in [5, 5.41) is 23.1. The second-order valence-electron chi connectivity index (χ2n) is 22.8. The van der Waals surface area contributed by atoms with Crippen LogP contribution in [-0.2, 0) is 14.3 Å². The molecule has 6 heteroatoms. The van der Waals surface area contributed by atoms with Crippen LogP contribution < -0.4 is 5.32 Å². The third-order valence-corrected chi connectivity index (χ3v) is 15.6. The Hall–Kier alpha value is -1.40. The summed E-state index contributed by atoms with van der Waals surface area (Å²) in [5.74, 6) is -0.0415. The van der Waals surface area contributed by atoms with Crippen LogP contribution in [0.1, 0.15) is 373 Å². The van der Waals surface area contributed by atoms with E-state index in [0.29, 0.717) is 19.4 Å². The molecule has 0 aromatic heterocycles. The standard InChI is InChI=1S/C66H129NO5/c1-3-5-7-9-11-13-15-35-39-42-46-50-54-58-64(69)63(62-68)67-65(70)59-55-51-47-43-40-36-33-31-29-27-25-23-21-19-17-16-18-20-22-24-26-28-30-32-34-37-41-45-49-53-57-61-72-66(71)60-56-52-48-44-38-14-12-10-8-6-4-2/h54,58,63-64,68-69H,3-53,55-57,59-62H2,1-2H3,(H,67,70)/b58-54+. The van der Waals surface area contributed by atoms with Gasteiger partial charge >= 0.3 is 5.97 Å². The molecular weight excluding hydrogens is 887 g/mol. The maximum absolute atomic E-state index is 12.5. The van der Waals surface area contributed by atoms with Crippen molar-refractivity contribution in [3.05, 3.63) is 12.2 Å². The van der Waals surface area contributed by atoms with E-state index >= 15 is 0 Å². The van der Waals surface area contributed by atoms with E-state index in [-0.39, 0.29) is 18.5 Å². The highest BCUT2D eigenvalue weighted by molar-refractivity contribution is 5.76. The predicted octanol–water partition coefficient (Wildman–Crippen LogP) is 20.8. The lowest BCUT2D eigenvalue weighted by atomic mass is 10.0. The van der Waals surface area contributed by atoms with Crippen molar-refractivity contribution in [2.75, 3.05) is 13.2 Å². The number of carbonyl (C=O) groups is 2. The molecule has 0 spiro atoms. The number of ether oxygens (including phenoxy) is 1. The number of unbranched alkanes of at least 4 members (excludes halogenated alkanes) is 51. The van der Waals surface area contributed by atoms with Crippen molar-refractivity contribution in [3.63, 3.8) is 0 Å². The van der Waals surface area contributed by atoms with Gasteiger partial charge in [-0.05, 0) is 32.1 Å². The number of hydrogen-bond donors (Lipinski definition) is 3. The maximum Gasteiger partial charge on any atom is 0.305 e. The van der Waals surface area contributed by atoms with E-state index < -0.39 is 12.1 Å². The first-order valence-electron chi connectivity index (χ1n) is 33.0. The fraction of sp³-hybridized carbons (Fsp3) is 0.939. The first-order chi connectivity index (χ1) is 35.5. The van der Waals surface area contributed by atoms with Crippen LogP contribution in [0.2, 0.25) is 0 Å². The average molecular weight is 1020 g/mol. The molecule has 0 fully saturated rings. The lowest BCUT2D eigenvalue weighted by Crippen LogP contribution is -2.45. The molecule has 6 nitrogen and oxygen atoms in total. The Kier molecular flexibility index (Phi) is 60.9. The van der Waals surface area contributed by atoms with Gasteiger partial charge in [-0.1, -0.05) is 341 Å². The van der Waals surface area contributed by atoms with E-state index in [1.807, 2.05) is 6.08 Å². The van der Waals surface area contributed by atoms with Crippen molar-refractivity contribution >= 4 is 11.9 Å². The smallest absolute Gasteiger partial charge is 0.305 e. The van der Waals surface area contributed by atoms with Gasteiger partial charge in [0.15, 0.2) is 0 Å². The van der Waals surface area contributed by atoms with Crippen LogP contribution in [0.3, 0.4) is 0 Å². The summed E-state index contributed by atoms with van der Waals surface area (Å²) >= 11 is 0. The van der Waals surface area contributed by atoms with Crippen molar-refractivity contribution < 1.29 is 24.5 Å². The van der Waals surface area contributed by atoms with Gasteiger partial charge in [0.05, 0.1) is 25.4 Å². The number of rotatable bonds is 62. The lowest BCUT2D eigenvalue weighted by Gasteiger charge is -2.20. The molecule has 0 aromatic carbocycles. The minimum absolute atomic E-state index is 0.0206. The Morgan fingerprint density at radius 1 is 0.375 bits per heavy atom. The third kappa shape index (κ3) is 57.9. The topological polar surface area (TPSA) is 95.9 Å².